The van der Waals surface area contributed by atoms with Crippen LogP contribution in [0.5, 0.6) is 0 Å². The van der Waals surface area contributed by atoms with Gasteiger partial charge in [0.25, 0.3) is 0 Å². The topological polar surface area (TPSA) is 0 Å². The van der Waals surface area contributed by atoms with E-state index in [4.69, 9.17) is 0 Å². The van der Waals surface area contributed by atoms with E-state index in [-0.39, 0.29) is 5.41 Å². The summed E-state index contributed by atoms with van der Waals surface area (Å²) in [4.78, 5) is 0. The van der Waals surface area contributed by atoms with E-state index in [0.717, 1.165) is 11.5 Å². The molecule has 0 radical (unpaired) electrons. The lowest BCUT2D eigenvalue weighted by Crippen LogP contribution is -2.25. The van der Waals surface area contributed by atoms with Gasteiger partial charge < -0.3 is 0 Å². The molecule has 4 aromatic carbocycles. The van der Waals surface area contributed by atoms with Crippen molar-refractivity contribution in [1.82, 2.24) is 0 Å². The number of hydrogen-bond donors (Lipinski definition) is 0. The normalized spacial score (nSPS) is 14.6. The fraction of sp³-hybridized carbons (Fsp3) is 0.415. The fourth-order valence-electron chi connectivity index (χ4n) is 7.69. The standard InChI is InChI=1S/C41H48S/c1-5-7-9-11-21-41(22-12-10-8-6-2)39-24-30(4)14-18-37(39)38-20-16-32(26-40(38)41)31-15-19-36-34(25-31)28-42-27-33-23-29(3)13-17-35(33)36/h13-20,23-26H,5-12,21-22,27-28H2,1-4H3. The van der Waals surface area contributed by atoms with Gasteiger partial charge in [0.15, 0.2) is 0 Å². The van der Waals surface area contributed by atoms with Crippen LogP contribution in [0.2, 0.25) is 0 Å². The molecule has 0 atom stereocenters. The highest BCUT2D eigenvalue weighted by Gasteiger charge is 2.42. The summed E-state index contributed by atoms with van der Waals surface area (Å²) >= 11 is 2.05. The largest absolute Gasteiger partial charge is 0.152 e. The Bertz CT molecular complexity index is 1550. The van der Waals surface area contributed by atoms with Crippen molar-refractivity contribution in [3.8, 4) is 33.4 Å². The highest BCUT2D eigenvalue weighted by atomic mass is 32.2. The first kappa shape index (κ1) is 29.3. The van der Waals surface area contributed by atoms with Crippen LogP contribution < -0.4 is 0 Å². The van der Waals surface area contributed by atoms with E-state index in [1.54, 1.807) is 11.1 Å². The summed E-state index contributed by atoms with van der Waals surface area (Å²) in [5.41, 5.74) is 17.6. The minimum atomic E-state index is 0.131. The number of unbranched alkanes of at least 4 members (excludes halogenated alkanes) is 6. The molecule has 0 amide bonds. The quantitative estimate of drug-likeness (QED) is 0.161. The Hall–Kier alpha value is -2.77. The van der Waals surface area contributed by atoms with Gasteiger partial charge in [-0.2, -0.15) is 11.8 Å². The second kappa shape index (κ2) is 12.8. The summed E-state index contributed by atoms with van der Waals surface area (Å²) in [5.74, 6) is 2.17. The molecule has 0 saturated heterocycles. The van der Waals surface area contributed by atoms with Crippen molar-refractivity contribution in [2.45, 2.75) is 109 Å². The number of benzene rings is 4. The molecule has 6 rings (SSSR count). The zero-order chi connectivity index (χ0) is 29.1. The Morgan fingerprint density at radius 1 is 0.524 bits per heavy atom. The van der Waals surface area contributed by atoms with E-state index in [0.29, 0.717) is 0 Å². The first-order valence-corrected chi connectivity index (χ1v) is 17.8. The average Bonchev–Trinajstić information content (AvgIpc) is 3.12. The van der Waals surface area contributed by atoms with E-state index in [2.05, 4.69) is 112 Å². The predicted molar refractivity (Wildman–Crippen MR) is 186 cm³/mol. The molecule has 218 valence electrons. The van der Waals surface area contributed by atoms with Gasteiger partial charge in [0.1, 0.15) is 0 Å². The van der Waals surface area contributed by atoms with Gasteiger partial charge in [0.2, 0.25) is 0 Å². The van der Waals surface area contributed by atoms with Crippen LogP contribution in [0.1, 0.15) is 111 Å². The molecule has 42 heavy (non-hydrogen) atoms. The molecule has 2 aliphatic rings. The van der Waals surface area contributed by atoms with Crippen LogP contribution >= 0.6 is 11.8 Å². The molecular weight excluding hydrogens is 525 g/mol. The number of hydrogen-bond acceptors (Lipinski definition) is 1. The maximum absolute atomic E-state index is 2.60. The smallest absolute Gasteiger partial charge is 0.0215 e. The number of aryl methyl sites for hydroxylation is 2. The summed E-state index contributed by atoms with van der Waals surface area (Å²) in [5, 5.41) is 0. The van der Waals surface area contributed by atoms with Gasteiger partial charge in [0, 0.05) is 16.9 Å². The van der Waals surface area contributed by atoms with Crippen LogP contribution in [0.4, 0.5) is 0 Å². The van der Waals surface area contributed by atoms with E-state index in [1.807, 2.05) is 0 Å². The Kier molecular flexibility index (Phi) is 8.96. The molecule has 4 aromatic rings. The van der Waals surface area contributed by atoms with Crippen molar-refractivity contribution >= 4 is 11.8 Å². The second-order valence-electron chi connectivity index (χ2n) is 13.0. The van der Waals surface area contributed by atoms with Crippen LogP contribution in [0.25, 0.3) is 33.4 Å². The molecule has 0 nitrogen and oxygen atoms in total. The molecule has 1 heteroatoms. The summed E-state index contributed by atoms with van der Waals surface area (Å²) in [7, 11) is 0. The second-order valence-corrected chi connectivity index (χ2v) is 14.0. The monoisotopic (exact) mass is 572 g/mol. The minimum Gasteiger partial charge on any atom is -0.152 e. The Balaban J connectivity index is 1.43. The number of thioether (sulfide) groups is 1. The molecule has 0 spiro atoms. The Morgan fingerprint density at radius 2 is 1.02 bits per heavy atom. The minimum absolute atomic E-state index is 0.131. The van der Waals surface area contributed by atoms with Crippen molar-refractivity contribution in [1.29, 1.82) is 0 Å². The van der Waals surface area contributed by atoms with Crippen LogP contribution in [-0.2, 0) is 16.9 Å². The van der Waals surface area contributed by atoms with Crippen molar-refractivity contribution in [3.63, 3.8) is 0 Å². The molecule has 1 heterocycles. The van der Waals surface area contributed by atoms with E-state index in [1.165, 1.54) is 120 Å². The fourth-order valence-corrected chi connectivity index (χ4v) is 8.71. The molecule has 0 unspecified atom stereocenters. The van der Waals surface area contributed by atoms with E-state index < -0.39 is 0 Å². The number of fused-ring (bicyclic) bond motifs is 6. The SMILES string of the molecule is CCCCCCC1(CCCCCC)c2cc(C)ccc2-c2ccc(-c3ccc4c(c3)CSCc3cc(C)ccc3-4)cc21. The lowest BCUT2D eigenvalue weighted by atomic mass is 9.70. The third-order valence-corrected chi connectivity index (χ3v) is 11.0. The molecule has 0 N–H and O–H groups in total. The van der Waals surface area contributed by atoms with Gasteiger partial charge in [-0.15, -0.1) is 0 Å². The summed E-state index contributed by atoms with van der Waals surface area (Å²) in [6.45, 7) is 9.14. The lowest BCUT2D eigenvalue weighted by molar-refractivity contribution is 0.401. The first-order chi connectivity index (χ1) is 20.5. The third-order valence-electron chi connectivity index (χ3n) is 9.93. The molecule has 0 bridgehead atoms. The zero-order valence-electron chi connectivity index (χ0n) is 26.3. The third kappa shape index (κ3) is 5.62. The van der Waals surface area contributed by atoms with Crippen LogP contribution in [-0.4, -0.2) is 0 Å². The maximum atomic E-state index is 2.60. The highest BCUT2D eigenvalue weighted by molar-refractivity contribution is 7.97. The Labute approximate surface area is 259 Å². The van der Waals surface area contributed by atoms with E-state index >= 15 is 0 Å². The molecular formula is C41H48S. The van der Waals surface area contributed by atoms with Crippen LogP contribution in [0, 0.1) is 13.8 Å². The van der Waals surface area contributed by atoms with Crippen molar-refractivity contribution in [2.75, 3.05) is 0 Å². The number of rotatable bonds is 11. The van der Waals surface area contributed by atoms with E-state index in [9.17, 15) is 0 Å². The predicted octanol–water partition coefficient (Wildman–Crippen LogP) is 12.6. The van der Waals surface area contributed by atoms with Gasteiger partial charge in [-0.1, -0.05) is 137 Å². The van der Waals surface area contributed by atoms with Gasteiger partial charge in [-0.3, -0.25) is 0 Å². The maximum Gasteiger partial charge on any atom is 0.0215 e. The van der Waals surface area contributed by atoms with Crippen molar-refractivity contribution in [3.05, 3.63) is 106 Å². The van der Waals surface area contributed by atoms with Crippen LogP contribution in [0.3, 0.4) is 0 Å². The first-order valence-electron chi connectivity index (χ1n) is 16.6. The molecule has 1 aliphatic heterocycles. The van der Waals surface area contributed by atoms with Gasteiger partial charge in [-0.25, -0.2) is 0 Å². The Morgan fingerprint density at radius 3 is 1.67 bits per heavy atom. The van der Waals surface area contributed by atoms with Gasteiger partial charge >= 0.3 is 0 Å². The summed E-state index contributed by atoms with van der Waals surface area (Å²) in [6, 6.07) is 29.0. The van der Waals surface area contributed by atoms with Crippen molar-refractivity contribution in [2.24, 2.45) is 0 Å². The molecule has 1 aliphatic carbocycles. The van der Waals surface area contributed by atoms with Gasteiger partial charge in [-0.05, 0) is 94.5 Å². The molecule has 0 saturated carbocycles. The zero-order valence-corrected chi connectivity index (χ0v) is 27.1. The molecule has 0 fully saturated rings. The van der Waals surface area contributed by atoms with Gasteiger partial charge in [0.05, 0.1) is 0 Å². The van der Waals surface area contributed by atoms with Crippen LogP contribution in [0.15, 0.2) is 72.8 Å². The highest BCUT2D eigenvalue weighted by Crippen LogP contribution is 2.55. The molecule has 0 aromatic heterocycles. The summed E-state index contributed by atoms with van der Waals surface area (Å²) in [6.07, 6.45) is 13.1. The summed E-state index contributed by atoms with van der Waals surface area (Å²) < 4.78 is 0. The lowest BCUT2D eigenvalue weighted by Gasteiger charge is -2.33. The average molecular weight is 573 g/mol. The van der Waals surface area contributed by atoms with Crippen molar-refractivity contribution < 1.29 is 0 Å².